The second-order valence-electron chi connectivity index (χ2n) is 7.56. The summed E-state index contributed by atoms with van der Waals surface area (Å²) in [4.78, 5) is 19.4. The minimum absolute atomic E-state index is 0.199. The number of aromatic nitrogens is 3. The highest BCUT2D eigenvalue weighted by Crippen LogP contribution is 2.36. The number of rotatable bonds is 3. The van der Waals surface area contributed by atoms with Crippen molar-refractivity contribution in [3.05, 3.63) is 36.2 Å². The number of anilines is 3. The summed E-state index contributed by atoms with van der Waals surface area (Å²) in [5.74, 6) is 2.65. The molecule has 2 unspecified atom stereocenters. The zero-order valence-electron chi connectivity index (χ0n) is 15.9. The van der Waals surface area contributed by atoms with Gasteiger partial charge in [-0.1, -0.05) is 0 Å². The maximum absolute atomic E-state index is 12.8. The van der Waals surface area contributed by atoms with E-state index in [4.69, 9.17) is 0 Å². The predicted octanol–water partition coefficient (Wildman–Crippen LogP) is 3.06. The summed E-state index contributed by atoms with van der Waals surface area (Å²) in [5, 5.41) is 0. The first-order valence-corrected chi connectivity index (χ1v) is 9.38. The predicted molar refractivity (Wildman–Crippen MR) is 102 cm³/mol. The Balaban J connectivity index is 1.53. The Labute approximate surface area is 162 Å². The number of nitrogens with zero attached hydrogens (tertiary/aromatic N) is 6. The fourth-order valence-electron chi connectivity index (χ4n) is 4.07. The molecule has 2 aromatic rings. The molecular weight excluding hydrogens is 369 g/mol. The normalized spacial score (nSPS) is 22.3. The van der Waals surface area contributed by atoms with Gasteiger partial charge in [0.2, 0.25) is 5.95 Å². The number of hydrogen-bond acceptors (Lipinski definition) is 6. The minimum Gasteiger partial charge on any atom is -0.363 e. The second-order valence-corrected chi connectivity index (χ2v) is 7.56. The lowest BCUT2D eigenvalue weighted by atomic mass is 9.92. The van der Waals surface area contributed by atoms with E-state index < -0.39 is 11.7 Å². The first-order valence-electron chi connectivity index (χ1n) is 9.38. The van der Waals surface area contributed by atoms with Gasteiger partial charge in [-0.25, -0.2) is 9.97 Å². The third kappa shape index (κ3) is 3.57. The lowest BCUT2D eigenvalue weighted by Gasteiger charge is -2.39. The topological polar surface area (TPSA) is 48.4 Å². The molecule has 2 aliphatic heterocycles. The van der Waals surface area contributed by atoms with Crippen molar-refractivity contribution in [1.82, 2.24) is 15.0 Å². The molecule has 150 valence electrons. The number of halogens is 3. The maximum atomic E-state index is 12.8. The maximum Gasteiger partial charge on any atom is 0.417 e. The number of alkyl halides is 3. The molecule has 2 saturated heterocycles. The standard InChI is InChI=1S/C19H23F3N6/c1-26(2)17-5-8-23-18(25-17)27-9-6-13-7-10-28(15(13)12-27)16-4-3-14(11-24-16)19(20,21)22/h3-5,8,11,13,15H,6-7,9-10,12H2,1-2H3. The van der Waals surface area contributed by atoms with Crippen LogP contribution >= 0.6 is 0 Å². The molecule has 2 aromatic heterocycles. The lowest BCUT2D eigenvalue weighted by Crippen LogP contribution is -2.49. The Morgan fingerprint density at radius 2 is 1.86 bits per heavy atom. The van der Waals surface area contributed by atoms with Crippen molar-refractivity contribution < 1.29 is 13.2 Å². The number of fused-ring (bicyclic) bond motifs is 1. The highest BCUT2D eigenvalue weighted by Gasteiger charge is 2.40. The van der Waals surface area contributed by atoms with Crippen molar-refractivity contribution in [3.8, 4) is 0 Å². The van der Waals surface area contributed by atoms with Crippen LogP contribution in [0, 0.1) is 5.92 Å². The Morgan fingerprint density at radius 1 is 1.07 bits per heavy atom. The van der Waals surface area contributed by atoms with Gasteiger partial charge < -0.3 is 14.7 Å². The van der Waals surface area contributed by atoms with Gasteiger partial charge in [0.15, 0.2) is 0 Å². The minimum atomic E-state index is -4.37. The summed E-state index contributed by atoms with van der Waals surface area (Å²) in [6, 6.07) is 4.65. The van der Waals surface area contributed by atoms with Crippen molar-refractivity contribution in [2.75, 3.05) is 48.4 Å². The van der Waals surface area contributed by atoms with Gasteiger partial charge in [-0.05, 0) is 37.0 Å². The van der Waals surface area contributed by atoms with E-state index in [9.17, 15) is 13.2 Å². The molecule has 28 heavy (non-hydrogen) atoms. The van der Waals surface area contributed by atoms with Crippen LogP contribution in [0.25, 0.3) is 0 Å². The van der Waals surface area contributed by atoms with Crippen LogP contribution in [0.5, 0.6) is 0 Å². The summed E-state index contributed by atoms with van der Waals surface area (Å²) in [7, 11) is 3.88. The van der Waals surface area contributed by atoms with Crippen molar-refractivity contribution >= 4 is 17.6 Å². The van der Waals surface area contributed by atoms with Gasteiger partial charge in [0.05, 0.1) is 11.6 Å². The first-order chi connectivity index (χ1) is 13.3. The molecule has 0 N–H and O–H groups in total. The quantitative estimate of drug-likeness (QED) is 0.800. The van der Waals surface area contributed by atoms with Crippen molar-refractivity contribution in [1.29, 1.82) is 0 Å². The molecule has 4 rings (SSSR count). The molecule has 6 nitrogen and oxygen atoms in total. The molecular formula is C19H23F3N6. The third-order valence-corrected chi connectivity index (χ3v) is 5.60. The molecule has 0 bridgehead atoms. The molecule has 0 saturated carbocycles. The van der Waals surface area contributed by atoms with Crippen LogP contribution in [-0.2, 0) is 6.18 Å². The van der Waals surface area contributed by atoms with Crippen LogP contribution in [0.2, 0.25) is 0 Å². The molecule has 0 aromatic carbocycles. The Bertz CT molecular complexity index is 823. The van der Waals surface area contributed by atoms with Crippen LogP contribution in [0.3, 0.4) is 0 Å². The molecule has 2 atom stereocenters. The number of hydrogen-bond donors (Lipinski definition) is 0. The Hall–Kier alpha value is -2.58. The van der Waals surface area contributed by atoms with E-state index in [2.05, 4.69) is 24.8 Å². The van der Waals surface area contributed by atoms with Gasteiger partial charge in [-0.3, -0.25) is 0 Å². The monoisotopic (exact) mass is 392 g/mol. The number of piperidine rings is 1. The molecule has 2 aliphatic rings. The molecule has 4 heterocycles. The molecule has 0 aliphatic carbocycles. The fraction of sp³-hybridized carbons (Fsp3) is 0.526. The average Bonchev–Trinajstić information content (AvgIpc) is 3.10. The van der Waals surface area contributed by atoms with Crippen LogP contribution in [0.4, 0.5) is 30.8 Å². The fourth-order valence-corrected chi connectivity index (χ4v) is 4.07. The van der Waals surface area contributed by atoms with Gasteiger partial charge in [0, 0.05) is 46.1 Å². The summed E-state index contributed by atoms with van der Waals surface area (Å²) in [5.41, 5.74) is -0.717. The highest BCUT2D eigenvalue weighted by atomic mass is 19.4. The third-order valence-electron chi connectivity index (χ3n) is 5.60. The number of pyridine rings is 1. The van der Waals surface area contributed by atoms with Crippen LogP contribution < -0.4 is 14.7 Å². The van der Waals surface area contributed by atoms with Gasteiger partial charge in [-0.2, -0.15) is 18.2 Å². The summed E-state index contributed by atoms with van der Waals surface area (Å²) in [6.07, 6.45) is 0.354. The van der Waals surface area contributed by atoms with E-state index in [1.54, 1.807) is 6.20 Å². The van der Waals surface area contributed by atoms with E-state index in [1.165, 1.54) is 6.07 Å². The summed E-state index contributed by atoms with van der Waals surface area (Å²) in [6.45, 7) is 2.43. The Kier molecular flexibility index (Phi) is 4.76. The summed E-state index contributed by atoms with van der Waals surface area (Å²) >= 11 is 0. The lowest BCUT2D eigenvalue weighted by molar-refractivity contribution is -0.137. The smallest absolute Gasteiger partial charge is 0.363 e. The van der Waals surface area contributed by atoms with Crippen LogP contribution in [0.15, 0.2) is 30.6 Å². The van der Waals surface area contributed by atoms with Gasteiger partial charge in [-0.15, -0.1) is 0 Å². The van der Waals surface area contributed by atoms with E-state index in [0.29, 0.717) is 17.7 Å². The van der Waals surface area contributed by atoms with E-state index in [1.807, 2.05) is 25.1 Å². The second kappa shape index (κ2) is 7.10. The molecule has 0 amide bonds. The SMILES string of the molecule is CN(C)c1ccnc(N2CCC3CCN(c4ccc(C(F)(F)F)cn4)C3C2)n1. The van der Waals surface area contributed by atoms with Crippen molar-refractivity contribution in [2.24, 2.45) is 5.92 Å². The van der Waals surface area contributed by atoms with Crippen molar-refractivity contribution in [3.63, 3.8) is 0 Å². The Morgan fingerprint density at radius 3 is 2.54 bits per heavy atom. The molecule has 0 spiro atoms. The average molecular weight is 392 g/mol. The van der Waals surface area contributed by atoms with Crippen LogP contribution in [0.1, 0.15) is 18.4 Å². The largest absolute Gasteiger partial charge is 0.417 e. The van der Waals surface area contributed by atoms with E-state index in [0.717, 1.165) is 50.6 Å². The van der Waals surface area contributed by atoms with Gasteiger partial charge in [0.1, 0.15) is 11.6 Å². The van der Waals surface area contributed by atoms with Gasteiger partial charge >= 0.3 is 6.18 Å². The molecule has 0 radical (unpaired) electrons. The van der Waals surface area contributed by atoms with E-state index >= 15 is 0 Å². The zero-order valence-corrected chi connectivity index (χ0v) is 15.9. The molecule has 2 fully saturated rings. The van der Waals surface area contributed by atoms with Gasteiger partial charge in [0.25, 0.3) is 0 Å². The first kappa shape index (κ1) is 18.8. The highest BCUT2D eigenvalue weighted by molar-refractivity contribution is 5.47. The van der Waals surface area contributed by atoms with Crippen LogP contribution in [-0.4, -0.2) is 54.7 Å². The van der Waals surface area contributed by atoms with E-state index in [-0.39, 0.29) is 6.04 Å². The summed E-state index contributed by atoms with van der Waals surface area (Å²) < 4.78 is 38.4. The molecule has 9 heteroatoms. The zero-order chi connectivity index (χ0) is 19.9. The van der Waals surface area contributed by atoms with Crippen molar-refractivity contribution in [2.45, 2.75) is 25.1 Å².